The van der Waals surface area contributed by atoms with E-state index in [0.29, 0.717) is 18.1 Å². The predicted molar refractivity (Wildman–Crippen MR) is 150 cm³/mol. The van der Waals surface area contributed by atoms with Crippen LogP contribution in [0.3, 0.4) is 0 Å². The van der Waals surface area contributed by atoms with Gasteiger partial charge in [-0.05, 0) is 51.4 Å². The van der Waals surface area contributed by atoms with Crippen LogP contribution in [-0.2, 0) is 9.59 Å². The lowest BCUT2D eigenvalue weighted by Crippen LogP contribution is -2.41. The lowest BCUT2D eigenvalue weighted by molar-refractivity contribution is -0.129. The maximum atomic E-state index is 12.0. The summed E-state index contributed by atoms with van der Waals surface area (Å²) in [5.74, 6) is 0.693. The maximum Gasteiger partial charge on any atom is 0.315 e. The van der Waals surface area contributed by atoms with Gasteiger partial charge in [-0.2, -0.15) is 11.8 Å². The normalized spacial score (nSPS) is 21.0. The van der Waals surface area contributed by atoms with Gasteiger partial charge >= 0.3 is 6.03 Å². The predicted octanol–water partition coefficient (Wildman–Crippen LogP) is 5.67. The number of rotatable bonds is 19. The van der Waals surface area contributed by atoms with Crippen LogP contribution in [0, 0.1) is 0 Å². The molecule has 3 atom stereocenters. The van der Waals surface area contributed by atoms with Gasteiger partial charge in [0.2, 0.25) is 11.8 Å². The highest BCUT2D eigenvalue weighted by Crippen LogP contribution is 2.33. The first-order valence-corrected chi connectivity index (χ1v) is 15.2. The fourth-order valence-electron chi connectivity index (χ4n) is 4.64. The Morgan fingerprint density at radius 3 is 2.14 bits per heavy atom. The van der Waals surface area contributed by atoms with E-state index in [4.69, 9.17) is 0 Å². The van der Waals surface area contributed by atoms with Gasteiger partial charge in [-0.15, -0.1) is 0 Å². The molecular formula is C28H48N4O3S. The van der Waals surface area contributed by atoms with E-state index in [2.05, 4.69) is 52.7 Å². The summed E-state index contributed by atoms with van der Waals surface area (Å²) in [5.41, 5.74) is 5.07. The number of carbonyl (C=O) groups is 3. The monoisotopic (exact) mass is 520 g/mol. The van der Waals surface area contributed by atoms with E-state index >= 15 is 0 Å². The fraction of sp³-hybridized carbons (Fsp3) is 0.750. The number of carbonyl (C=O) groups excluding carboxylic acids is 3. The van der Waals surface area contributed by atoms with Crippen molar-refractivity contribution < 1.29 is 14.4 Å². The summed E-state index contributed by atoms with van der Waals surface area (Å²) < 4.78 is 0. The van der Waals surface area contributed by atoms with Crippen LogP contribution in [0.15, 0.2) is 24.3 Å². The molecule has 2 heterocycles. The van der Waals surface area contributed by atoms with E-state index in [1.54, 1.807) is 0 Å². The SMILES string of the molecule is CCCCC/C=C\C/C=C\CCCCCCCC(=O)NNC(=O)CCCC[C@H]1SC[C@@H]2NC(=O)N[C@@H]21. The van der Waals surface area contributed by atoms with Gasteiger partial charge in [-0.3, -0.25) is 20.4 Å². The Morgan fingerprint density at radius 2 is 1.44 bits per heavy atom. The lowest BCUT2D eigenvalue weighted by Gasteiger charge is -2.16. The summed E-state index contributed by atoms with van der Waals surface area (Å²) in [6, 6.07) is 0.389. The first kappa shape index (κ1) is 30.3. The van der Waals surface area contributed by atoms with Gasteiger partial charge in [0.05, 0.1) is 12.1 Å². The van der Waals surface area contributed by atoms with Crippen molar-refractivity contribution in [1.82, 2.24) is 21.5 Å². The second kappa shape index (κ2) is 19.2. The maximum absolute atomic E-state index is 12.0. The number of fused-ring (bicyclic) bond motifs is 1. The van der Waals surface area contributed by atoms with E-state index < -0.39 is 0 Å². The summed E-state index contributed by atoms with van der Waals surface area (Å²) in [5, 5.41) is 6.36. The van der Waals surface area contributed by atoms with Crippen LogP contribution < -0.4 is 21.5 Å². The van der Waals surface area contributed by atoms with Gasteiger partial charge in [0.15, 0.2) is 0 Å². The van der Waals surface area contributed by atoms with Crippen molar-refractivity contribution in [3.63, 3.8) is 0 Å². The number of hydrazine groups is 1. The third kappa shape index (κ3) is 13.4. The Morgan fingerprint density at radius 1 is 0.833 bits per heavy atom. The topological polar surface area (TPSA) is 99.3 Å². The number of urea groups is 1. The number of thioether (sulfide) groups is 1. The molecule has 2 fully saturated rings. The van der Waals surface area contributed by atoms with Crippen molar-refractivity contribution >= 4 is 29.6 Å². The number of hydrogen-bond donors (Lipinski definition) is 4. The molecule has 8 heteroatoms. The van der Waals surface area contributed by atoms with Crippen LogP contribution in [0.2, 0.25) is 0 Å². The summed E-state index contributed by atoms with van der Waals surface area (Å²) in [7, 11) is 0. The summed E-state index contributed by atoms with van der Waals surface area (Å²) in [6.07, 6.45) is 25.4. The highest BCUT2D eigenvalue weighted by Gasteiger charge is 2.42. The molecule has 2 saturated heterocycles. The molecule has 0 unspecified atom stereocenters. The Balaban J connectivity index is 1.34. The smallest absolute Gasteiger partial charge is 0.315 e. The average molecular weight is 521 g/mol. The zero-order valence-electron chi connectivity index (χ0n) is 22.2. The van der Waals surface area contributed by atoms with Crippen molar-refractivity contribution in [2.45, 2.75) is 127 Å². The largest absolute Gasteiger partial charge is 0.332 e. The molecule has 2 rings (SSSR count). The minimum Gasteiger partial charge on any atom is -0.332 e. The van der Waals surface area contributed by atoms with Gasteiger partial charge < -0.3 is 10.6 Å². The first-order chi connectivity index (χ1) is 17.6. The molecule has 0 radical (unpaired) electrons. The molecule has 0 aliphatic carbocycles. The van der Waals surface area contributed by atoms with Crippen molar-refractivity contribution in [3.05, 3.63) is 24.3 Å². The molecule has 0 aromatic rings. The number of unbranched alkanes of at least 4 members (excludes halogenated alkanes) is 9. The zero-order valence-corrected chi connectivity index (χ0v) is 23.0. The first-order valence-electron chi connectivity index (χ1n) is 14.2. The van der Waals surface area contributed by atoms with E-state index in [-0.39, 0.29) is 29.9 Å². The van der Waals surface area contributed by atoms with Crippen LogP contribution in [0.4, 0.5) is 4.79 Å². The average Bonchev–Trinajstić information content (AvgIpc) is 3.42. The number of allylic oxidation sites excluding steroid dienone is 4. The van der Waals surface area contributed by atoms with Gasteiger partial charge in [-0.1, -0.05) is 69.8 Å². The molecule has 204 valence electrons. The number of hydrogen-bond acceptors (Lipinski definition) is 4. The van der Waals surface area contributed by atoms with E-state index in [1.165, 1.54) is 38.5 Å². The number of amides is 4. The van der Waals surface area contributed by atoms with Gasteiger partial charge in [0, 0.05) is 23.8 Å². The molecule has 0 spiro atoms. The highest BCUT2D eigenvalue weighted by atomic mass is 32.2. The molecule has 0 bridgehead atoms. The Kier molecular flexibility index (Phi) is 16.1. The van der Waals surface area contributed by atoms with E-state index in [0.717, 1.165) is 57.1 Å². The minimum absolute atomic E-state index is 0.0646. The van der Waals surface area contributed by atoms with Crippen molar-refractivity contribution in [1.29, 1.82) is 0 Å². The summed E-state index contributed by atoms with van der Waals surface area (Å²) in [6.45, 7) is 2.23. The molecule has 0 saturated carbocycles. The van der Waals surface area contributed by atoms with Crippen LogP contribution in [0.1, 0.15) is 110 Å². The quantitative estimate of drug-likeness (QED) is 0.0763. The highest BCUT2D eigenvalue weighted by molar-refractivity contribution is 8.00. The molecule has 4 N–H and O–H groups in total. The summed E-state index contributed by atoms with van der Waals surface area (Å²) >= 11 is 1.89. The minimum atomic E-state index is -0.142. The van der Waals surface area contributed by atoms with E-state index in [1.807, 2.05) is 11.8 Å². The van der Waals surface area contributed by atoms with Gasteiger partial charge in [-0.25, -0.2) is 4.79 Å². The van der Waals surface area contributed by atoms with Crippen LogP contribution >= 0.6 is 11.8 Å². The molecule has 36 heavy (non-hydrogen) atoms. The molecular weight excluding hydrogens is 472 g/mol. The van der Waals surface area contributed by atoms with Gasteiger partial charge in [0.1, 0.15) is 0 Å². The van der Waals surface area contributed by atoms with Crippen LogP contribution in [0.5, 0.6) is 0 Å². The molecule has 0 aromatic heterocycles. The van der Waals surface area contributed by atoms with Crippen molar-refractivity contribution in [3.8, 4) is 0 Å². The van der Waals surface area contributed by atoms with Crippen LogP contribution in [0.25, 0.3) is 0 Å². The zero-order chi connectivity index (χ0) is 25.8. The Labute approximate surface area is 222 Å². The summed E-state index contributed by atoms with van der Waals surface area (Å²) in [4.78, 5) is 35.3. The Hall–Kier alpha value is -1.96. The fourth-order valence-corrected chi connectivity index (χ4v) is 6.18. The third-order valence-electron chi connectivity index (χ3n) is 6.78. The van der Waals surface area contributed by atoms with Crippen molar-refractivity contribution in [2.24, 2.45) is 0 Å². The second-order valence-electron chi connectivity index (χ2n) is 9.94. The molecule has 2 aliphatic heterocycles. The van der Waals surface area contributed by atoms with E-state index in [9.17, 15) is 14.4 Å². The molecule has 0 aromatic carbocycles. The molecule has 7 nitrogen and oxygen atoms in total. The van der Waals surface area contributed by atoms with Gasteiger partial charge in [0.25, 0.3) is 0 Å². The lowest BCUT2D eigenvalue weighted by atomic mass is 10.0. The Bertz CT molecular complexity index is 713. The second-order valence-corrected chi connectivity index (χ2v) is 11.2. The molecule has 2 aliphatic rings. The van der Waals surface area contributed by atoms with Crippen molar-refractivity contribution in [2.75, 3.05) is 5.75 Å². The number of nitrogens with one attached hydrogen (secondary N) is 4. The molecule has 4 amide bonds. The standard InChI is InChI=1S/C28H48N4O3S/c1-2-3-4-5-6-7-8-9-10-11-12-13-14-15-16-20-25(33)31-32-26(34)21-18-17-19-24-27-23(22-36-24)29-28(35)30-27/h6-7,9-10,23-24,27H,2-5,8,11-22H2,1H3,(H,31,33)(H,32,34)(H2,29,30,35)/b7-6-,10-9-/t23-,24+,27-/m0/s1. The van der Waals surface area contributed by atoms with Crippen LogP contribution in [-0.4, -0.2) is 40.9 Å². The third-order valence-corrected chi connectivity index (χ3v) is 8.29.